The fourth-order valence-corrected chi connectivity index (χ4v) is 6.41. The molecule has 9 rings (SSSR count). The van der Waals surface area contributed by atoms with Crippen molar-refractivity contribution in [1.29, 1.82) is 0 Å². The average molecular weight is 602 g/mol. The molecule has 0 spiro atoms. The van der Waals surface area contributed by atoms with Crippen LogP contribution in [0.25, 0.3) is 89.1 Å². The van der Waals surface area contributed by atoms with Crippen LogP contribution in [-0.2, 0) is 0 Å². The Morgan fingerprint density at radius 2 is 0.979 bits per heavy atom. The lowest BCUT2D eigenvalue weighted by atomic mass is 9.96. The molecular weight excluding hydrogens is 574 g/mol. The smallest absolute Gasteiger partial charge is 0.164 e. The summed E-state index contributed by atoms with van der Waals surface area (Å²) in [5, 5.41) is 4.40. The Morgan fingerprint density at radius 1 is 0.362 bits per heavy atom. The fraction of sp³-hybridized carbons (Fsp3) is 0. The van der Waals surface area contributed by atoms with Gasteiger partial charge in [0.15, 0.2) is 17.5 Å². The van der Waals surface area contributed by atoms with E-state index < -0.39 is 0 Å². The molecule has 47 heavy (non-hydrogen) atoms. The quantitative estimate of drug-likeness (QED) is 0.197. The van der Waals surface area contributed by atoms with E-state index in [0.29, 0.717) is 17.5 Å². The molecule has 0 unspecified atom stereocenters. The van der Waals surface area contributed by atoms with Crippen LogP contribution in [-0.4, -0.2) is 15.0 Å². The molecule has 9 aromatic rings. The minimum atomic E-state index is 0.598. The van der Waals surface area contributed by atoms with E-state index in [1.165, 1.54) is 10.8 Å². The molecule has 0 aliphatic heterocycles. The minimum absolute atomic E-state index is 0.598. The lowest BCUT2D eigenvalue weighted by Gasteiger charge is -2.12. The maximum absolute atomic E-state index is 6.64. The fourth-order valence-electron chi connectivity index (χ4n) is 6.41. The van der Waals surface area contributed by atoms with Crippen molar-refractivity contribution < 1.29 is 4.42 Å². The van der Waals surface area contributed by atoms with Crippen LogP contribution in [0.5, 0.6) is 0 Å². The molecule has 4 heteroatoms. The molecule has 7 aromatic carbocycles. The summed E-state index contributed by atoms with van der Waals surface area (Å²) in [6.45, 7) is 0. The van der Waals surface area contributed by atoms with Gasteiger partial charge in [-0.05, 0) is 57.8 Å². The summed E-state index contributed by atoms with van der Waals surface area (Å²) in [6, 6.07) is 56.3. The number of rotatable bonds is 5. The molecule has 220 valence electrons. The number of para-hydroxylation sites is 1. The summed E-state index contributed by atoms with van der Waals surface area (Å²) in [7, 11) is 0. The number of furan rings is 1. The molecular formula is C43H27N3O. The summed E-state index contributed by atoms with van der Waals surface area (Å²) >= 11 is 0. The van der Waals surface area contributed by atoms with Gasteiger partial charge in [0, 0.05) is 33.0 Å². The van der Waals surface area contributed by atoms with Gasteiger partial charge in [-0.3, -0.25) is 0 Å². The SMILES string of the molecule is c1ccc(-c2cccc(-c3nc(-c4ccccc4)nc(-c4ccc(-c5ccc6ccccc6c5)c5oc6ccccc6c45)n3)c2)cc1. The summed E-state index contributed by atoms with van der Waals surface area (Å²) in [5.74, 6) is 1.84. The van der Waals surface area contributed by atoms with Gasteiger partial charge in [-0.1, -0.05) is 133 Å². The topological polar surface area (TPSA) is 51.8 Å². The first-order chi connectivity index (χ1) is 23.3. The second-order valence-corrected chi connectivity index (χ2v) is 11.6. The van der Waals surface area contributed by atoms with E-state index in [0.717, 1.165) is 60.9 Å². The largest absolute Gasteiger partial charge is 0.455 e. The van der Waals surface area contributed by atoms with E-state index in [-0.39, 0.29) is 0 Å². The van der Waals surface area contributed by atoms with Gasteiger partial charge < -0.3 is 4.42 Å². The third kappa shape index (κ3) is 4.84. The summed E-state index contributed by atoms with van der Waals surface area (Å²) in [6.07, 6.45) is 0. The Kier molecular flexibility index (Phi) is 6.43. The van der Waals surface area contributed by atoms with Gasteiger partial charge in [-0.25, -0.2) is 15.0 Å². The van der Waals surface area contributed by atoms with Crippen molar-refractivity contribution in [2.75, 3.05) is 0 Å². The standard InChI is InChI=1S/C43H27N3O/c1-3-12-28(13-4-1)32-18-11-19-34(27-32)42-44-41(30-15-5-2-6-16-30)45-43(46-42)37-25-24-35(33-23-22-29-14-7-8-17-31(29)26-33)40-39(37)36-20-9-10-21-38(36)47-40/h1-27H. The number of fused-ring (bicyclic) bond motifs is 4. The van der Waals surface area contributed by atoms with Crippen LogP contribution < -0.4 is 0 Å². The summed E-state index contributed by atoms with van der Waals surface area (Å²) in [4.78, 5) is 15.3. The van der Waals surface area contributed by atoms with Crippen molar-refractivity contribution in [1.82, 2.24) is 15.0 Å². The van der Waals surface area contributed by atoms with Crippen LogP contribution in [0.15, 0.2) is 168 Å². The number of hydrogen-bond acceptors (Lipinski definition) is 4. The zero-order valence-corrected chi connectivity index (χ0v) is 25.3. The number of aromatic nitrogens is 3. The normalized spacial score (nSPS) is 11.4. The Bertz CT molecular complexity index is 2570. The molecule has 0 saturated carbocycles. The molecule has 0 saturated heterocycles. The third-order valence-electron chi connectivity index (χ3n) is 8.72. The molecule has 0 amide bonds. The van der Waals surface area contributed by atoms with Crippen molar-refractivity contribution in [3.05, 3.63) is 164 Å². The highest BCUT2D eigenvalue weighted by atomic mass is 16.3. The van der Waals surface area contributed by atoms with Crippen molar-refractivity contribution >= 4 is 32.7 Å². The number of hydrogen-bond donors (Lipinski definition) is 0. The maximum atomic E-state index is 6.64. The van der Waals surface area contributed by atoms with Gasteiger partial charge >= 0.3 is 0 Å². The van der Waals surface area contributed by atoms with E-state index in [1.807, 2.05) is 54.6 Å². The van der Waals surface area contributed by atoms with Gasteiger partial charge in [-0.15, -0.1) is 0 Å². The molecule has 0 bridgehead atoms. The zero-order chi connectivity index (χ0) is 31.2. The first kappa shape index (κ1) is 27.0. The van der Waals surface area contributed by atoms with Crippen molar-refractivity contribution in [3.8, 4) is 56.4 Å². The highest BCUT2D eigenvalue weighted by molar-refractivity contribution is 6.16. The van der Waals surface area contributed by atoms with Crippen LogP contribution in [0, 0.1) is 0 Å². The van der Waals surface area contributed by atoms with E-state index in [4.69, 9.17) is 19.4 Å². The van der Waals surface area contributed by atoms with Crippen LogP contribution >= 0.6 is 0 Å². The summed E-state index contributed by atoms with van der Waals surface area (Å²) < 4.78 is 6.64. The average Bonchev–Trinajstić information content (AvgIpc) is 3.55. The van der Waals surface area contributed by atoms with Gasteiger partial charge in [0.1, 0.15) is 11.2 Å². The third-order valence-corrected chi connectivity index (χ3v) is 8.72. The molecule has 2 aromatic heterocycles. The van der Waals surface area contributed by atoms with E-state index >= 15 is 0 Å². The van der Waals surface area contributed by atoms with Gasteiger partial charge in [0.05, 0.1) is 0 Å². The number of nitrogens with zero attached hydrogens (tertiary/aromatic N) is 3. The Labute approximate surface area is 271 Å². The highest BCUT2D eigenvalue weighted by Gasteiger charge is 2.21. The molecule has 0 atom stereocenters. The van der Waals surface area contributed by atoms with E-state index in [2.05, 4.69) is 109 Å². The van der Waals surface area contributed by atoms with Crippen LogP contribution in [0.1, 0.15) is 0 Å². The van der Waals surface area contributed by atoms with Crippen LogP contribution in [0.4, 0.5) is 0 Å². The van der Waals surface area contributed by atoms with Crippen LogP contribution in [0.3, 0.4) is 0 Å². The maximum Gasteiger partial charge on any atom is 0.164 e. The van der Waals surface area contributed by atoms with Crippen molar-refractivity contribution in [3.63, 3.8) is 0 Å². The zero-order valence-electron chi connectivity index (χ0n) is 25.3. The van der Waals surface area contributed by atoms with E-state index in [1.54, 1.807) is 0 Å². The first-order valence-electron chi connectivity index (χ1n) is 15.7. The second-order valence-electron chi connectivity index (χ2n) is 11.6. The van der Waals surface area contributed by atoms with Crippen molar-refractivity contribution in [2.24, 2.45) is 0 Å². The minimum Gasteiger partial charge on any atom is -0.455 e. The first-order valence-corrected chi connectivity index (χ1v) is 15.7. The lowest BCUT2D eigenvalue weighted by molar-refractivity contribution is 0.670. The monoisotopic (exact) mass is 601 g/mol. The molecule has 0 N–H and O–H groups in total. The Balaban J connectivity index is 1.28. The van der Waals surface area contributed by atoms with Crippen LogP contribution in [0.2, 0.25) is 0 Å². The Morgan fingerprint density at radius 3 is 1.81 bits per heavy atom. The molecule has 4 nitrogen and oxygen atoms in total. The summed E-state index contributed by atoms with van der Waals surface area (Å²) in [5.41, 5.74) is 8.76. The molecule has 0 aliphatic carbocycles. The van der Waals surface area contributed by atoms with Gasteiger partial charge in [0.2, 0.25) is 0 Å². The molecule has 0 aliphatic rings. The predicted octanol–water partition coefficient (Wildman–Crippen LogP) is 11.3. The number of benzene rings is 7. The van der Waals surface area contributed by atoms with Crippen molar-refractivity contribution in [2.45, 2.75) is 0 Å². The molecule has 2 heterocycles. The molecule has 0 fully saturated rings. The van der Waals surface area contributed by atoms with Gasteiger partial charge in [-0.2, -0.15) is 0 Å². The Hall–Kier alpha value is -6.39. The predicted molar refractivity (Wildman–Crippen MR) is 192 cm³/mol. The highest BCUT2D eigenvalue weighted by Crippen LogP contribution is 2.42. The van der Waals surface area contributed by atoms with E-state index in [9.17, 15) is 0 Å². The van der Waals surface area contributed by atoms with Gasteiger partial charge in [0.25, 0.3) is 0 Å². The molecule has 0 radical (unpaired) electrons. The second kappa shape index (κ2) is 11.2. The lowest BCUT2D eigenvalue weighted by Crippen LogP contribution is -2.00.